The van der Waals surface area contributed by atoms with Crippen molar-refractivity contribution in [2.45, 2.75) is 19.9 Å². The molecule has 3 heteroatoms. The summed E-state index contributed by atoms with van der Waals surface area (Å²) >= 11 is 0. The standard InChI is InChI=1S/C6H13NO2/c1-4-9-6(8)5(2)7-3/h5,7H,4H2,1-3H3/t5-/m0/s1. The van der Waals surface area contributed by atoms with Gasteiger partial charge in [-0.3, -0.25) is 4.79 Å². The van der Waals surface area contributed by atoms with Crippen LogP contribution in [0.15, 0.2) is 0 Å². The molecule has 0 saturated heterocycles. The van der Waals surface area contributed by atoms with E-state index in [0.29, 0.717) is 6.61 Å². The Hall–Kier alpha value is -0.570. The maximum absolute atomic E-state index is 10.7. The number of rotatable bonds is 3. The first kappa shape index (κ1) is 8.43. The third-order valence-corrected chi connectivity index (χ3v) is 1.07. The summed E-state index contributed by atoms with van der Waals surface area (Å²) in [4.78, 5) is 10.7. The molecular formula is C6H13NO2. The van der Waals surface area contributed by atoms with Crippen molar-refractivity contribution in [1.82, 2.24) is 5.32 Å². The van der Waals surface area contributed by atoms with Gasteiger partial charge in [-0.15, -0.1) is 0 Å². The Morgan fingerprint density at radius 2 is 2.33 bits per heavy atom. The van der Waals surface area contributed by atoms with E-state index >= 15 is 0 Å². The molecule has 0 unspecified atom stereocenters. The molecule has 0 fully saturated rings. The van der Waals surface area contributed by atoms with E-state index in [0.717, 1.165) is 0 Å². The Bertz CT molecular complexity index is 93.1. The highest BCUT2D eigenvalue weighted by molar-refractivity contribution is 5.75. The first-order valence-corrected chi connectivity index (χ1v) is 3.06. The molecule has 0 aromatic rings. The van der Waals surface area contributed by atoms with Crippen molar-refractivity contribution in [3.63, 3.8) is 0 Å². The van der Waals surface area contributed by atoms with Gasteiger partial charge in [0.25, 0.3) is 0 Å². The minimum absolute atomic E-state index is 0.190. The van der Waals surface area contributed by atoms with Gasteiger partial charge in [0.1, 0.15) is 6.04 Å². The van der Waals surface area contributed by atoms with Gasteiger partial charge in [-0.1, -0.05) is 0 Å². The summed E-state index contributed by atoms with van der Waals surface area (Å²) in [5, 5.41) is 2.77. The summed E-state index contributed by atoms with van der Waals surface area (Å²) < 4.78 is 4.69. The number of esters is 1. The Balaban J connectivity index is 3.46. The second kappa shape index (κ2) is 4.32. The molecule has 1 N–H and O–H groups in total. The second-order valence-electron chi connectivity index (χ2n) is 1.76. The Kier molecular flexibility index (Phi) is 4.05. The fraction of sp³-hybridized carbons (Fsp3) is 0.833. The molecule has 0 spiro atoms. The summed E-state index contributed by atoms with van der Waals surface area (Å²) in [5.41, 5.74) is 0. The van der Waals surface area contributed by atoms with E-state index in [1.165, 1.54) is 0 Å². The first-order chi connectivity index (χ1) is 4.22. The highest BCUT2D eigenvalue weighted by atomic mass is 16.5. The van der Waals surface area contributed by atoms with Gasteiger partial charge in [0.2, 0.25) is 0 Å². The van der Waals surface area contributed by atoms with E-state index in [1.807, 2.05) is 0 Å². The van der Waals surface area contributed by atoms with Crippen LogP contribution >= 0.6 is 0 Å². The largest absolute Gasteiger partial charge is 0.465 e. The van der Waals surface area contributed by atoms with E-state index < -0.39 is 0 Å². The molecule has 1 atom stereocenters. The van der Waals surface area contributed by atoms with E-state index in [1.54, 1.807) is 20.9 Å². The molecule has 54 valence electrons. The molecule has 3 nitrogen and oxygen atoms in total. The lowest BCUT2D eigenvalue weighted by atomic mass is 10.3. The number of likely N-dealkylation sites (N-methyl/N-ethyl adjacent to an activating group) is 1. The fourth-order valence-corrected chi connectivity index (χ4v) is 0.385. The van der Waals surface area contributed by atoms with Gasteiger partial charge in [-0.25, -0.2) is 0 Å². The molecule has 0 amide bonds. The van der Waals surface area contributed by atoms with Crippen LogP contribution in [0.5, 0.6) is 0 Å². The van der Waals surface area contributed by atoms with Crippen LogP contribution in [0.2, 0.25) is 0 Å². The second-order valence-corrected chi connectivity index (χ2v) is 1.76. The molecule has 0 radical (unpaired) electrons. The minimum Gasteiger partial charge on any atom is -0.465 e. The summed E-state index contributed by atoms with van der Waals surface area (Å²) in [6.07, 6.45) is 0. The minimum atomic E-state index is -0.194. The monoisotopic (exact) mass is 131 g/mol. The highest BCUT2D eigenvalue weighted by Gasteiger charge is 2.09. The lowest BCUT2D eigenvalue weighted by Crippen LogP contribution is -2.32. The Morgan fingerprint density at radius 3 is 2.67 bits per heavy atom. The summed E-state index contributed by atoms with van der Waals surface area (Å²) in [6, 6.07) is -0.190. The van der Waals surface area contributed by atoms with E-state index in [-0.39, 0.29) is 12.0 Å². The van der Waals surface area contributed by atoms with Crippen LogP contribution in [0, 0.1) is 0 Å². The van der Waals surface area contributed by atoms with Crippen LogP contribution in [-0.4, -0.2) is 25.7 Å². The molecule has 0 aromatic heterocycles. The first-order valence-electron chi connectivity index (χ1n) is 3.06. The number of ether oxygens (including phenoxy) is 1. The number of carbonyl (C=O) groups excluding carboxylic acids is 1. The summed E-state index contributed by atoms with van der Waals surface area (Å²) in [5.74, 6) is -0.194. The predicted molar refractivity (Wildman–Crippen MR) is 35.2 cm³/mol. The van der Waals surface area contributed by atoms with Gasteiger partial charge in [-0.05, 0) is 20.9 Å². The molecule has 0 aliphatic rings. The third kappa shape index (κ3) is 3.08. The van der Waals surface area contributed by atoms with Crippen molar-refractivity contribution < 1.29 is 9.53 Å². The lowest BCUT2D eigenvalue weighted by Gasteiger charge is -2.07. The quantitative estimate of drug-likeness (QED) is 0.554. The predicted octanol–water partition coefficient (Wildman–Crippen LogP) is 0.157. The van der Waals surface area contributed by atoms with Crippen molar-refractivity contribution in [2.75, 3.05) is 13.7 Å². The average Bonchev–Trinajstić information content (AvgIpc) is 1.87. The number of hydrogen-bond acceptors (Lipinski definition) is 3. The summed E-state index contributed by atoms with van der Waals surface area (Å²) in [6.45, 7) is 4.00. The average molecular weight is 131 g/mol. The van der Waals surface area contributed by atoms with Crippen LogP contribution < -0.4 is 5.32 Å². The molecule has 0 bridgehead atoms. The Morgan fingerprint density at radius 1 is 1.78 bits per heavy atom. The fourth-order valence-electron chi connectivity index (χ4n) is 0.385. The van der Waals surface area contributed by atoms with Crippen molar-refractivity contribution in [2.24, 2.45) is 0 Å². The molecule has 0 saturated carbocycles. The molecule has 0 rings (SSSR count). The van der Waals surface area contributed by atoms with Gasteiger partial charge in [-0.2, -0.15) is 0 Å². The van der Waals surface area contributed by atoms with Crippen LogP contribution in [0.25, 0.3) is 0 Å². The van der Waals surface area contributed by atoms with Crippen molar-refractivity contribution in [3.8, 4) is 0 Å². The topological polar surface area (TPSA) is 38.3 Å². The zero-order valence-corrected chi connectivity index (χ0v) is 6.10. The van der Waals surface area contributed by atoms with Crippen LogP contribution in [-0.2, 0) is 9.53 Å². The van der Waals surface area contributed by atoms with Gasteiger partial charge >= 0.3 is 5.97 Å². The molecule has 0 aliphatic heterocycles. The molecular weight excluding hydrogens is 118 g/mol. The highest BCUT2D eigenvalue weighted by Crippen LogP contribution is 1.84. The normalized spacial score (nSPS) is 12.8. The van der Waals surface area contributed by atoms with Gasteiger partial charge in [0.05, 0.1) is 6.61 Å². The van der Waals surface area contributed by atoms with E-state index in [2.05, 4.69) is 5.32 Å². The van der Waals surface area contributed by atoms with Crippen LogP contribution in [0.3, 0.4) is 0 Å². The van der Waals surface area contributed by atoms with Crippen molar-refractivity contribution >= 4 is 5.97 Å². The molecule has 9 heavy (non-hydrogen) atoms. The molecule has 0 heterocycles. The van der Waals surface area contributed by atoms with Gasteiger partial charge in [0, 0.05) is 0 Å². The lowest BCUT2D eigenvalue weighted by molar-refractivity contribution is -0.144. The SMILES string of the molecule is CCOC(=O)[C@H](C)NC. The zero-order valence-electron chi connectivity index (χ0n) is 6.10. The Labute approximate surface area is 55.4 Å². The number of carbonyl (C=O) groups is 1. The smallest absolute Gasteiger partial charge is 0.322 e. The number of hydrogen-bond donors (Lipinski definition) is 1. The van der Waals surface area contributed by atoms with Crippen molar-refractivity contribution in [3.05, 3.63) is 0 Å². The van der Waals surface area contributed by atoms with Gasteiger partial charge in [0.15, 0.2) is 0 Å². The molecule has 0 aliphatic carbocycles. The zero-order chi connectivity index (χ0) is 7.28. The van der Waals surface area contributed by atoms with E-state index in [4.69, 9.17) is 4.74 Å². The molecule has 0 aromatic carbocycles. The maximum Gasteiger partial charge on any atom is 0.322 e. The van der Waals surface area contributed by atoms with Crippen molar-refractivity contribution in [1.29, 1.82) is 0 Å². The summed E-state index contributed by atoms with van der Waals surface area (Å²) in [7, 11) is 1.72. The van der Waals surface area contributed by atoms with Crippen LogP contribution in [0.1, 0.15) is 13.8 Å². The third-order valence-electron chi connectivity index (χ3n) is 1.07. The van der Waals surface area contributed by atoms with Gasteiger partial charge < -0.3 is 10.1 Å². The van der Waals surface area contributed by atoms with Crippen LogP contribution in [0.4, 0.5) is 0 Å². The van der Waals surface area contributed by atoms with E-state index in [9.17, 15) is 4.79 Å². The maximum atomic E-state index is 10.7. The number of nitrogens with one attached hydrogen (secondary N) is 1.